The van der Waals surface area contributed by atoms with E-state index in [2.05, 4.69) is 4.72 Å². The van der Waals surface area contributed by atoms with Crippen molar-refractivity contribution in [2.75, 3.05) is 17.6 Å². The largest absolute Gasteiger partial charge is 0.497 e. The maximum Gasteiger partial charge on any atom is 0.263 e. The topological polar surface area (TPSA) is 81.4 Å². The molecule has 0 aliphatic rings. The van der Waals surface area contributed by atoms with Crippen LogP contribution in [0.4, 0.5) is 11.4 Å². The molecule has 8 heteroatoms. The highest BCUT2D eigenvalue weighted by Crippen LogP contribution is 2.28. The zero-order valence-electron chi connectivity index (χ0n) is 10.9. The summed E-state index contributed by atoms with van der Waals surface area (Å²) < 4.78 is 32.0. The molecule has 0 aliphatic carbocycles. The summed E-state index contributed by atoms with van der Waals surface area (Å²) in [6.07, 6.45) is 0. The van der Waals surface area contributed by atoms with Crippen LogP contribution in [0.3, 0.4) is 0 Å². The van der Waals surface area contributed by atoms with E-state index in [9.17, 15) is 8.42 Å². The molecule has 0 unspecified atom stereocenters. The molecule has 0 fully saturated rings. The maximum absolute atomic E-state index is 12.3. The summed E-state index contributed by atoms with van der Waals surface area (Å²) in [5, 5.41) is 0.586. The molecule has 21 heavy (non-hydrogen) atoms. The number of sulfonamides is 1. The Morgan fingerprint density at radius 3 is 2.38 bits per heavy atom. The summed E-state index contributed by atoms with van der Waals surface area (Å²) >= 11 is 11.6. The fourth-order valence-corrected chi connectivity index (χ4v) is 3.13. The van der Waals surface area contributed by atoms with Gasteiger partial charge in [-0.2, -0.15) is 0 Å². The summed E-state index contributed by atoms with van der Waals surface area (Å²) in [6.45, 7) is 0. The third kappa shape index (κ3) is 3.53. The van der Waals surface area contributed by atoms with E-state index >= 15 is 0 Å². The van der Waals surface area contributed by atoms with Gasteiger partial charge < -0.3 is 10.5 Å². The number of anilines is 2. The van der Waals surface area contributed by atoms with Crippen molar-refractivity contribution in [1.29, 1.82) is 0 Å². The Morgan fingerprint density at radius 2 is 1.81 bits per heavy atom. The minimum absolute atomic E-state index is 0.0469. The van der Waals surface area contributed by atoms with E-state index in [0.29, 0.717) is 16.5 Å². The van der Waals surface area contributed by atoms with E-state index in [-0.39, 0.29) is 15.6 Å². The molecule has 112 valence electrons. The molecule has 0 saturated carbocycles. The average molecular weight is 347 g/mol. The van der Waals surface area contributed by atoms with Crippen LogP contribution in [-0.2, 0) is 10.0 Å². The first-order chi connectivity index (χ1) is 9.83. The summed E-state index contributed by atoms with van der Waals surface area (Å²) in [7, 11) is -2.36. The molecule has 3 N–H and O–H groups in total. The van der Waals surface area contributed by atoms with E-state index in [0.717, 1.165) is 0 Å². The molecule has 0 aliphatic heterocycles. The Balaban J connectivity index is 2.36. The molecular formula is C13H12Cl2N2O3S. The van der Waals surface area contributed by atoms with Gasteiger partial charge in [0.05, 0.1) is 28.5 Å². The zero-order chi connectivity index (χ0) is 15.6. The standard InChI is InChI=1S/C13H12Cl2N2O3S/c1-20-9-3-5-13(12(16)7-9)21(18,19)17-8-2-4-10(14)11(15)6-8/h2-7,17H,16H2,1H3. The quantitative estimate of drug-likeness (QED) is 0.831. The molecule has 0 spiro atoms. The van der Waals surface area contributed by atoms with Crippen LogP contribution in [0, 0.1) is 0 Å². The van der Waals surface area contributed by atoms with Crippen LogP contribution in [-0.4, -0.2) is 15.5 Å². The molecule has 0 heterocycles. The van der Waals surface area contributed by atoms with Crippen LogP contribution in [0.25, 0.3) is 0 Å². The highest BCUT2D eigenvalue weighted by atomic mass is 35.5. The molecular weight excluding hydrogens is 335 g/mol. The summed E-state index contributed by atoms with van der Waals surface area (Å²) in [6, 6.07) is 8.74. The SMILES string of the molecule is COc1ccc(S(=O)(=O)Nc2ccc(Cl)c(Cl)c2)c(N)c1. The van der Waals surface area contributed by atoms with Gasteiger partial charge in [0.15, 0.2) is 0 Å². The Morgan fingerprint density at radius 1 is 1.10 bits per heavy atom. The molecule has 0 saturated heterocycles. The predicted octanol–water partition coefficient (Wildman–Crippen LogP) is 3.39. The lowest BCUT2D eigenvalue weighted by Crippen LogP contribution is -2.14. The van der Waals surface area contributed by atoms with Crippen molar-refractivity contribution < 1.29 is 13.2 Å². The fourth-order valence-electron chi connectivity index (χ4n) is 1.67. The minimum Gasteiger partial charge on any atom is -0.497 e. The second-order valence-electron chi connectivity index (χ2n) is 4.14. The number of benzene rings is 2. The zero-order valence-corrected chi connectivity index (χ0v) is 13.3. The number of hydrogen-bond donors (Lipinski definition) is 2. The van der Waals surface area contributed by atoms with Crippen LogP contribution in [0.2, 0.25) is 10.0 Å². The lowest BCUT2D eigenvalue weighted by atomic mass is 10.3. The first-order valence-corrected chi connectivity index (χ1v) is 7.99. The van der Waals surface area contributed by atoms with Gasteiger partial charge in [0, 0.05) is 6.07 Å². The normalized spacial score (nSPS) is 11.2. The molecule has 2 rings (SSSR count). The van der Waals surface area contributed by atoms with E-state index in [1.54, 1.807) is 0 Å². The Labute approximate surface area is 132 Å². The number of hydrogen-bond acceptors (Lipinski definition) is 4. The number of nitrogen functional groups attached to an aromatic ring is 1. The first-order valence-electron chi connectivity index (χ1n) is 5.75. The van der Waals surface area contributed by atoms with Crippen molar-refractivity contribution in [3.05, 3.63) is 46.4 Å². The van der Waals surface area contributed by atoms with Crippen LogP contribution >= 0.6 is 23.2 Å². The minimum atomic E-state index is -3.83. The van der Waals surface area contributed by atoms with Gasteiger partial charge in [0.25, 0.3) is 10.0 Å². The van der Waals surface area contributed by atoms with Crippen molar-refractivity contribution in [3.8, 4) is 5.75 Å². The monoisotopic (exact) mass is 346 g/mol. The Bertz CT molecular complexity index is 779. The maximum atomic E-state index is 12.3. The van der Waals surface area contributed by atoms with Crippen LogP contribution in [0.1, 0.15) is 0 Å². The number of rotatable bonds is 4. The van der Waals surface area contributed by atoms with Crippen LogP contribution < -0.4 is 15.2 Å². The molecule has 0 bridgehead atoms. The van der Waals surface area contributed by atoms with Crippen LogP contribution in [0.5, 0.6) is 5.75 Å². The first kappa shape index (κ1) is 15.8. The molecule has 5 nitrogen and oxygen atoms in total. The molecule has 2 aromatic rings. The predicted molar refractivity (Wildman–Crippen MR) is 84.7 cm³/mol. The molecule has 0 atom stereocenters. The van der Waals surface area contributed by atoms with Gasteiger partial charge in [-0.1, -0.05) is 23.2 Å². The third-order valence-corrected chi connectivity index (χ3v) is 4.87. The van der Waals surface area contributed by atoms with Gasteiger partial charge in [-0.25, -0.2) is 8.42 Å². The molecule has 0 radical (unpaired) electrons. The number of nitrogens with one attached hydrogen (secondary N) is 1. The molecule has 0 aromatic heterocycles. The van der Waals surface area contributed by atoms with Crippen LogP contribution in [0.15, 0.2) is 41.3 Å². The molecule has 2 aromatic carbocycles. The fraction of sp³-hybridized carbons (Fsp3) is 0.0769. The summed E-state index contributed by atoms with van der Waals surface area (Å²) in [4.78, 5) is -0.0469. The smallest absolute Gasteiger partial charge is 0.263 e. The second kappa shape index (κ2) is 6.01. The number of methoxy groups -OCH3 is 1. The average Bonchev–Trinajstić information content (AvgIpc) is 2.42. The number of ether oxygens (including phenoxy) is 1. The van der Waals surface area contributed by atoms with Gasteiger partial charge in [-0.3, -0.25) is 4.72 Å². The lowest BCUT2D eigenvalue weighted by Gasteiger charge is -2.11. The Hall–Kier alpha value is -1.63. The van der Waals surface area contributed by atoms with Gasteiger partial charge in [0.2, 0.25) is 0 Å². The second-order valence-corrected chi connectivity index (χ2v) is 6.60. The summed E-state index contributed by atoms with van der Waals surface area (Å²) in [5.41, 5.74) is 6.12. The van der Waals surface area contributed by atoms with E-state index in [1.807, 2.05) is 0 Å². The van der Waals surface area contributed by atoms with Crippen molar-refractivity contribution in [2.24, 2.45) is 0 Å². The highest BCUT2D eigenvalue weighted by Gasteiger charge is 2.18. The van der Waals surface area contributed by atoms with E-state index in [4.69, 9.17) is 33.7 Å². The van der Waals surface area contributed by atoms with Gasteiger partial charge in [-0.15, -0.1) is 0 Å². The van der Waals surface area contributed by atoms with Gasteiger partial charge in [0.1, 0.15) is 10.6 Å². The van der Waals surface area contributed by atoms with Crippen molar-refractivity contribution in [2.45, 2.75) is 4.90 Å². The summed E-state index contributed by atoms with van der Waals surface area (Å²) in [5.74, 6) is 0.473. The lowest BCUT2D eigenvalue weighted by molar-refractivity contribution is 0.414. The van der Waals surface area contributed by atoms with E-state index in [1.165, 1.54) is 43.5 Å². The van der Waals surface area contributed by atoms with Gasteiger partial charge in [-0.05, 0) is 30.3 Å². The van der Waals surface area contributed by atoms with Crippen molar-refractivity contribution in [3.63, 3.8) is 0 Å². The van der Waals surface area contributed by atoms with Crippen molar-refractivity contribution >= 4 is 44.6 Å². The van der Waals surface area contributed by atoms with Gasteiger partial charge >= 0.3 is 0 Å². The number of halogens is 2. The van der Waals surface area contributed by atoms with E-state index < -0.39 is 10.0 Å². The molecule has 0 amide bonds. The van der Waals surface area contributed by atoms with Crippen molar-refractivity contribution in [1.82, 2.24) is 0 Å². The Kier molecular flexibility index (Phi) is 4.51. The highest BCUT2D eigenvalue weighted by molar-refractivity contribution is 7.92. The number of nitrogens with two attached hydrogens (primary N) is 1. The third-order valence-electron chi connectivity index (χ3n) is 2.68.